The molecular weight excluding hydrogens is 1080 g/mol. The number of carbonyl (C=O) groups is 8. The van der Waals surface area contributed by atoms with Crippen molar-refractivity contribution in [3.05, 3.63) is 104 Å². The van der Waals surface area contributed by atoms with Gasteiger partial charge in [-0.3, -0.25) is 47.9 Å². The molecule has 2 fully saturated rings. The van der Waals surface area contributed by atoms with Crippen LogP contribution in [0.5, 0.6) is 0 Å². The van der Waals surface area contributed by atoms with E-state index in [9.17, 15) is 43.5 Å². The van der Waals surface area contributed by atoms with Crippen molar-refractivity contribution in [2.45, 2.75) is 104 Å². The molecule has 22 nitrogen and oxygen atoms in total. The van der Waals surface area contributed by atoms with Crippen molar-refractivity contribution in [2.75, 3.05) is 31.1 Å². The van der Waals surface area contributed by atoms with Gasteiger partial charge in [-0.25, -0.2) is 4.98 Å². The Labute approximate surface area is 466 Å². The van der Waals surface area contributed by atoms with Crippen LogP contribution in [0.4, 0.5) is 0 Å². The monoisotopic (exact) mass is 1140 g/mol. The smallest absolute Gasteiger partial charge is 0.247 e. The minimum absolute atomic E-state index is 0.180. The molecule has 0 radical (unpaired) electrons. The zero-order valence-electron chi connectivity index (χ0n) is 43.8. The Hall–Kier alpha value is -7.06. The number of fused-ring (bicyclic) bond motifs is 4. The Morgan fingerprint density at radius 3 is 2.26 bits per heavy atom. The molecule has 5 aromatic rings. The number of hydrogen-bond acceptors (Lipinski definition) is 16. The second-order valence-electron chi connectivity index (χ2n) is 20.3. The fourth-order valence-electron chi connectivity index (χ4n) is 9.32. The number of aromatic nitrogens is 4. The zero-order valence-corrected chi connectivity index (χ0v) is 47.0. The number of halogens is 1. The minimum atomic E-state index is -1.58. The maximum absolute atomic E-state index is 14.4. The van der Waals surface area contributed by atoms with E-state index < -0.39 is 108 Å². The van der Waals surface area contributed by atoms with Crippen LogP contribution in [0, 0.1) is 33.1 Å². The third kappa shape index (κ3) is 12.8. The summed E-state index contributed by atoms with van der Waals surface area (Å²) in [5.74, 6) is -5.92. The van der Waals surface area contributed by atoms with Gasteiger partial charge < -0.3 is 47.6 Å². The van der Waals surface area contributed by atoms with Crippen molar-refractivity contribution >= 4 is 99.0 Å². The lowest BCUT2D eigenvalue weighted by Crippen LogP contribution is -2.58. The molecule has 0 spiro atoms. The maximum atomic E-state index is 14.4. The molecule has 78 heavy (non-hydrogen) atoms. The van der Waals surface area contributed by atoms with Crippen molar-refractivity contribution in [1.82, 2.24) is 56.5 Å². The molecule has 6 heterocycles. The molecule has 8 amide bonds. The summed E-state index contributed by atoms with van der Waals surface area (Å²) in [7, 11) is 0. The Balaban J connectivity index is 1.08. The van der Waals surface area contributed by atoms with Gasteiger partial charge in [0.25, 0.3) is 0 Å². The molecular formula is C52H60ClN13O9S3. The van der Waals surface area contributed by atoms with E-state index in [0.717, 1.165) is 54.5 Å². The summed E-state index contributed by atoms with van der Waals surface area (Å²) in [6.45, 7) is 11.3. The van der Waals surface area contributed by atoms with Gasteiger partial charge in [-0.05, 0) is 61.9 Å². The van der Waals surface area contributed by atoms with Gasteiger partial charge in [0.2, 0.25) is 47.3 Å². The molecule has 0 bridgehead atoms. The quantitative estimate of drug-likeness (QED) is 0.111. The molecule has 3 aliphatic rings. The molecule has 0 unspecified atom stereocenters. The lowest BCUT2D eigenvalue weighted by atomic mass is 9.85. The average molecular weight is 1140 g/mol. The highest BCUT2D eigenvalue weighted by molar-refractivity contribution is 8.00. The topological polar surface area (TPSA) is 314 Å². The molecule has 7 atom stereocenters. The molecule has 0 saturated carbocycles. The van der Waals surface area contributed by atoms with Gasteiger partial charge in [-0.2, -0.15) is 0 Å². The first kappa shape index (κ1) is 57.1. The van der Waals surface area contributed by atoms with Gasteiger partial charge in [-0.1, -0.05) is 68.8 Å². The van der Waals surface area contributed by atoms with Crippen molar-refractivity contribution in [3.63, 3.8) is 0 Å². The molecule has 26 heteroatoms. The normalized spacial score (nSPS) is 23.0. The van der Waals surface area contributed by atoms with Crippen molar-refractivity contribution < 1.29 is 43.5 Å². The average Bonchev–Trinajstić information content (AvgIpc) is 4.24. The Kier molecular flexibility index (Phi) is 17.5. The first-order valence-electron chi connectivity index (χ1n) is 24.9. The van der Waals surface area contributed by atoms with Crippen molar-refractivity contribution in [2.24, 2.45) is 16.1 Å². The fourth-order valence-corrected chi connectivity index (χ4v) is 12.3. The Morgan fingerprint density at radius 2 is 1.59 bits per heavy atom. The third-order valence-electron chi connectivity index (χ3n) is 13.6. The van der Waals surface area contributed by atoms with Gasteiger partial charge in [0.15, 0.2) is 5.82 Å². The number of thioether (sulfide) groups is 1. The molecule has 2 saturated heterocycles. The first-order chi connectivity index (χ1) is 37.0. The van der Waals surface area contributed by atoms with Gasteiger partial charge >= 0.3 is 0 Å². The molecule has 3 aliphatic heterocycles. The number of benzene rings is 2. The molecule has 0 aliphatic carbocycles. The van der Waals surface area contributed by atoms with Gasteiger partial charge in [0.05, 0.1) is 46.6 Å². The van der Waals surface area contributed by atoms with E-state index in [-0.39, 0.29) is 30.9 Å². The number of nitrogens with zero attached hydrogens (tertiary/aromatic N) is 6. The number of nitrogens with two attached hydrogens (primary N) is 1. The summed E-state index contributed by atoms with van der Waals surface area (Å²) >= 11 is 10.2. The zero-order chi connectivity index (χ0) is 56.3. The van der Waals surface area contributed by atoms with E-state index in [1.54, 1.807) is 69.6 Å². The summed E-state index contributed by atoms with van der Waals surface area (Å²) in [5.41, 5.74) is 11.6. The summed E-state index contributed by atoms with van der Waals surface area (Å²) in [4.78, 5) is 124. The highest BCUT2D eigenvalue weighted by Gasteiger charge is 2.45. The second-order valence-corrected chi connectivity index (χ2v) is 23.8. The number of amides is 8. The highest BCUT2D eigenvalue weighted by Crippen LogP contribution is 2.40. The van der Waals surface area contributed by atoms with E-state index in [4.69, 9.17) is 22.3 Å². The number of aryl methyl sites for hydroxylation is 3. The SMILES string of the molecule is Cc1ncsc1-c1ccc([C@H]2NC(=O)[C@@H]3C[C@@H](O)CN3C(=O)[C@H](C(C)(C)C)NC(=O)CSC[C@H](C(N)=O)NC(=O)[C@@H](CNC(=O)C[C@@H]3N=C(c4ccc(Cl)cc4)c4c(sc(C)c4C)-n4c(C)nnc43)NC(=O)CNC2=O)cc1. The highest BCUT2D eigenvalue weighted by atomic mass is 35.5. The molecule has 8 rings (SSSR count). The number of aliphatic imine (C=N–C) groups is 1. The molecule has 2 aromatic carbocycles. The fraction of sp³-hybridized carbons (Fsp3) is 0.423. The number of nitrogens with one attached hydrogen (secondary N) is 6. The number of rotatable bonds is 8. The van der Waals surface area contributed by atoms with E-state index in [0.29, 0.717) is 27.9 Å². The Bertz CT molecular complexity index is 3190. The minimum Gasteiger partial charge on any atom is -0.391 e. The van der Waals surface area contributed by atoms with E-state index in [2.05, 4.69) is 47.1 Å². The molecule has 3 aromatic heterocycles. The first-order valence-corrected chi connectivity index (χ1v) is 28.2. The van der Waals surface area contributed by atoms with Gasteiger partial charge in [0.1, 0.15) is 47.1 Å². The van der Waals surface area contributed by atoms with E-state index in [1.807, 2.05) is 37.5 Å². The van der Waals surface area contributed by atoms with Crippen LogP contribution in [0.15, 0.2) is 59.0 Å². The number of aliphatic hydroxyl groups excluding tert-OH is 1. The summed E-state index contributed by atoms with van der Waals surface area (Å²) < 4.78 is 1.87. The number of aliphatic hydroxyl groups is 1. The molecule has 9 N–H and O–H groups in total. The van der Waals surface area contributed by atoms with Crippen LogP contribution in [0.2, 0.25) is 5.02 Å². The van der Waals surface area contributed by atoms with Crippen LogP contribution in [0.25, 0.3) is 15.4 Å². The molecule has 412 valence electrons. The van der Waals surface area contributed by atoms with Crippen molar-refractivity contribution in [3.8, 4) is 15.4 Å². The summed E-state index contributed by atoms with van der Waals surface area (Å²) in [5, 5.41) is 36.9. The van der Waals surface area contributed by atoms with Crippen LogP contribution in [0.1, 0.15) is 90.2 Å². The predicted molar refractivity (Wildman–Crippen MR) is 295 cm³/mol. The van der Waals surface area contributed by atoms with Gasteiger partial charge in [0, 0.05) is 46.3 Å². The lowest BCUT2D eigenvalue weighted by molar-refractivity contribution is -0.144. The lowest BCUT2D eigenvalue weighted by Gasteiger charge is -2.35. The Morgan fingerprint density at radius 1 is 0.885 bits per heavy atom. The van der Waals surface area contributed by atoms with Gasteiger partial charge in [-0.15, -0.1) is 44.6 Å². The summed E-state index contributed by atoms with van der Waals surface area (Å²) in [6.07, 6.45) is -1.59. The largest absolute Gasteiger partial charge is 0.391 e. The number of thiophene rings is 1. The third-order valence-corrected chi connectivity index (χ3v) is 17.0. The van der Waals surface area contributed by atoms with Crippen LogP contribution < -0.4 is 37.6 Å². The maximum Gasteiger partial charge on any atom is 0.247 e. The number of thiazole rings is 1. The van der Waals surface area contributed by atoms with E-state index in [1.165, 1.54) is 27.6 Å². The summed E-state index contributed by atoms with van der Waals surface area (Å²) in [6, 6.07) is 6.10. The van der Waals surface area contributed by atoms with E-state index >= 15 is 0 Å². The number of carbonyl (C=O) groups excluding carboxylic acids is 8. The van der Waals surface area contributed by atoms with Crippen LogP contribution in [0.3, 0.4) is 0 Å². The van der Waals surface area contributed by atoms with Crippen molar-refractivity contribution in [1.29, 1.82) is 0 Å². The predicted octanol–water partition coefficient (Wildman–Crippen LogP) is 2.41. The van der Waals surface area contributed by atoms with Crippen LogP contribution in [-0.4, -0.2) is 144 Å². The second kappa shape index (κ2) is 23.9. The number of primary amides is 1. The number of hydrogen-bond donors (Lipinski definition) is 8. The van der Waals surface area contributed by atoms with Crippen LogP contribution >= 0.6 is 46.0 Å². The van der Waals surface area contributed by atoms with Crippen LogP contribution in [-0.2, 0) is 38.4 Å². The standard InChI is InChI=1S/C52H60ClN13O9S3/c1-24-26(3)78-51-40(24)41(28-12-14-31(53)15-13-28)59-33(46-64-63-27(4)66(46)51)17-37(68)55-18-34-47(72)60-35(45(54)71)21-76-22-39(70)61-44(52(5,6)7)50(75)65-20-32(67)16-36(65)48(73)62-42(49(74)56-19-38(69)58-34)29-8-10-30(11-9-29)43-25(2)57-23-77-43/h8-15,23,32-36,42,44,67H,16-22H2,1-7H3,(H2,54,71)(H,55,68)(H,56,74)(H,58,69)(H,60,72)(H,61,70)(H,62,73)/t32-,33+,34-,35-,36+,42-,44-/m1/s1.